The number of hydrogen-bond acceptors (Lipinski definition) is 2. The lowest BCUT2D eigenvalue weighted by molar-refractivity contribution is -0.129. The molecular formula is C12H20O2. The van der Waals surface area contributed by atoms with Crippen LogP contribution in [0.15, 0.2) is 0 Å². The summed E-state index contributed by atoms with van der Waals surface area (Å²) in [4.78, 5) is 22.5. The minimum atomic E-state index is -0.00150. The Labute approximate surface area is 86.1 Å². The summed E-state index contributed by atoms with van der Waals surface area (Å²) in [5.74, 6) is 0.298. The molecule has 0 aromatic heterocycles. The van der Waals surface area contributed by atoms with Crippen LogP contribution in [0.1, 0.15) is 52.9 Å². The van der Waals surface area contributed by atoms with Gasteiger partial charge in [0.05, 0.1) is 6.42 Å². The smallest absolute Gasteiger partial charge is 0.143 e. The quantitative estimate of drug-likeness (QED) is 0.650. The third-order valence-electron chi connectivity index (χ3n) is 3.08. The van der Waals surface area contributed by atoms with Gasteiger partial charge in [0.25, 0.3) is 0 Å². The van der Waals surface area contributed by atoms with Gasteiger partial charge < -0.3 is 0 Å². The van der Waals surface area contributed by atoms with E-state index in [9.17, 15) is 9.59 Å². The first-order valence-electron chi connectivity index (χ1n) is 5.43. The normalized spacial score (nSPS) is 25.8. The van der Waals surface area contributed by atoms with Gasteiger partial charge in [-0.3, -0.25) is 9.59 Å². The van der Waals surface area contributed by atoms with Crippen molar-refractivity contribution in [2.45, 2.75) is 52.9 Å². The highest BCUT2D eigenvalue weighted by atomic mass is 16.1. The summed E-state index contributed by atoms with van der Waals surface area (Å²) in [6.07, 6.45) is 4.41. The lowest BCUT2D eigenvalue weighted by atomic mass is 9.70. The van der Waals surface area contributed by atoms with E-state index in [-0.39, 0.29) is 29.3 Å². The van der Waals surface area contributed by atoms with Gasteiger partial charge in [-0.2, -0.15) is 0 Å². The molecular weight excluding hydrogens is 176 g/mol. The van der Waals surface area contributed by atoms with Crippen LogP contribution in [0.25, 0.3) is 0 Å². The van der Waals surface area contributed by atoms with Crippen molar-refractivity contribution >= 4 is 11.6 Å². The first-order valence-corrected chi connectivity index (χ1v) is 5.43. The monoisotopic (exact) mass is 196 g/mol. The van der Waals surface area contributed by atoms with E-state index in [4.69, 9.17) is 0 Å². The van der Waals surface area contributed by atoms with E-state index in [1.165, 1.54) is 13.3 Å². The van der Waals surface area contributed by atoms with Crippen LogP contribution >= 0.6 is 0 Å². The van der Waals surface area contributed by atoms with Crippen LogP contribution in [0.4, 0.5) is 0 Å². The van der Waals surface area contributed by atoms with Crippen LogP contribution in [0.2, 0.25) is 0 Å². The third-order valence-corrected chi connectivity index (χ3v) is 3.08. The molecule has 14 heavy (non-hydrogen) atoms. The molecule has 0 radical (unpaired) electrons. The number of hydrogen-bond donors (Lipinski definition) is 0. The van der Waals surface area contributed by atoms with Gasteiger partial charge in [0.1, 0.15) is 11.6 Å². The fourth-order valence-electron chi connectivity index (χ4n) is 2.36. The summed E-state index contributed by atoms with van der Waals surface area (Å²) < 4.78 is 0. The Morgan fingerprint density at radius 1 is 1.36 bits per heavy atom. The first-order chi connectivity index (χ1) is 6.41. The second-order valence-electron chi connectivity index (χ2n) is 5.30. The number of carbonyl (C=O) groups excluding carboxylic acids is 2. The largest absolute Gasteiger partial charge is 0.300 e. The van der Waals surface area contributed by atoms with Crippen molar-refractivity contribution in [3.05, 3.63) is 0 Å². The van der Waals surface area contributed by atoms with Gasteiger partial charge in [0.2, 0.25) is 0 Å². The standard InChI is InChI=1S/C12H20O2/c1-9(13)7-11(14)10-5-4-6-12(2,3)8-10/h10H,4-8H2,1-3H3. The molecule has 1 aliphatic rings. The van der Waals surface area contributed by atoms with E-state index in [2.05, 4.69) is 13.8 Å². The zero-order valence-corrected chi connectivity index (χ0v) is 9.43. The van der Waals surface area contributed by atoms with E-state index in [0.717, 1.165) is 19.3 Å². The molecule has 0 aromatic carbocycles. The Morgan fingerprint density at radius 2 is 2.00 bits per heavy atom. The second-order valence-corrected chi connectivity index (χ2v) is 5.30. The van der Waals surface area contributed by atoms with Crippen LogP contribution in [0, 0.1) is 11.3 Å². The second kappa shape index (κ2) is 4.24. The lowest BCUT2D eigenvalue weighted by Gasteiger charge is -2.34. The van der Waals surface area contributed by atoms with Crippen LogP contribution in [0.3, 0.4) is 0 Å². The molecule has 2 heteroatoms. The number of carbonyl (C=O) groups is 2. The van der Waals surface area contributed by atoms with E-state index < -0.39 is 0 Å². The molecule has 1 unspecified atom stereocenters. The predicted octanol–water partition coefficient (Wildman–Crippen LogP) is 2.75. The molecule has 1 fully saturated rings. The lowest BCUT2D eigenvalue weighted by Crippen LogP contribution is -2.28. The van der Waals surface area contributed by atoms with Crippen LogP contribution < -0.4 is 0 Å². The highest BCUT2D eigenvalue weighted by Gasteiger charge is 2.31. The fraction of sp³-hybridized carbons (Fsp3) is 0.833. The van der Waals surface area contributed by atoms with Gasteiger partial charge in [-0.1, -0.05) is 20.3 Å². The molecule has 0 amide bonds. The van der Waals surface area contributed by atoms with Gasteiger partial charge in [-0.05, 0) is 31.6 Å². The highest BCUT2D eigenvalue weighted by Crippen LogP contribution is 2.39. The van der Waals surface area contributed by atoms with Crippen LogP contribution in [-0.2, 0) is 9.59 Å². The number of Topliss-reactive ketones (excluding diaryl/α,β-unsaturated/α-hetero) is 2. The van der Waals surface area contributed by atoms with Crippen molar-refractivity contribution < 1.29 is 9.59 Å². The topological polar surface area (TPSA) is 34.1 Å². The van der Waals surface area contributed by atoms with Gasteiger partial charge in [0.15, 0.2) is 0 Å². The van der Waals surface area contributed by atoms with Crippen molar-refractivity contribution in [1.82, 2.24) is 0 Å². The van der Waals surface area contributed by atoms with Crippen molar-refractivity contribution in [1.29, 1.82) is 0 Å². The van der Waals surface area contributed by atoms with Crippen LogP contribution in [-0.4, -0.2) is 11.6 Å². The Balaban J connectivity index is 2.52. The third kappa shape index (κ3) is 3.24. The molecule has 0 heterocycles. The number of ketones is 2. The first kappa shape index (κ1) is 11.4. The Morgan fingerprint density at radius 3 is 2.50 bits per heavy atom. The van der Waals surface area contributed by atoms with Gasteiger partial charge in [-0.15, -0.1) is 0 Å². The summed E-state index contributed by atoms with van der Waals surface area (Å²) in [7, 11) is 0. The summed E-state index contributed by atoms with van der Waals surface area (Å²) >= 11 is 0. The molecule has 0 N–H and O–H groups in total. The molecule has 1 atom stereocenters. The van der Waals surface area contributed by atoms with Crippen LogP contribution in [0.5, 0.6) is 0 Å². The van der Waals surface area contributed by atoms with Crippen molar-refractivity contribution in [3.8, 4) is 0 Å². The Kier molecular flexibility index (Phi) is 3.46. The van der Waals surface area contributed by atoms with E-state index in [1.807, 2.05) is 0 Å². The molecule has 0 spiro atoms. The molecule has 0 aliphatic heterocycles. The minimum absolute atomic E-state index is 0.00150. The van der Waals surface area contributed by atoms with Gasteiger partial charge in [-0.25, -0.2) is 0 Å². The molecule has 1 rings (SSSR count). The zero-order chi connectivity index (χ0) is 10.8. The SMILES string of the molecule is CC(=O)CC(=O)C1CCCC(C)(C)C1. The summed E-state index contributed by atoms with van der Waals surface area (Å²) in [6.45, 7) is 5.91. The molecule has 1 saturated carbocycles. The molecule has 0 bridgehead atoms. The Hall–Kier alpha value is -0.660. The summed E-state index contributed by atoms with van der Waals surface area (Å²) in [5, 5.41) is 0. The summed E-state index contributed by atoms with van der Waals surface area (Å²) in [5.41, 5.74) is 0.287. The molecule has 2 nitrogen and oxygen atoms in total. The Bertz CT molecular complexity index is 241. The van der Waals surface area contributed by atoms with E-state index in [0.29, 0.717) is 0 Å². The average molecular weight is 196 g/mol. The summed E-state index contributed by atoms with van der Waals surface area (Å²) in [6, 6.07) is 0. The maximum Gasteiger partial charge on any atom is 0.143 e. The molecule has 1 aliphatic carbocycles. The maximum absolute atomic E-state index is 11.7. The minimum Gasteiger partial charge on any atom is -0.300 e. The van der Waals surface area contributed by atoms with E-state index in [1.54, 1.807) is 0 Å². The van der Waals surface area contributed by atoms with Crippen molar-refractivity contribution in [2.75, 3.05) is 0 Å². The van der Waals surface area contributed by atoms with Crippen molar-refractivity contribution in [2.24, 2.45) is 11.3 Å². The van der Waals surface area contributed by atoms with E-state index >= 15 is 0 Å². The molecule has 0 saturated heterocycles. The molecule has 80 valence electrons. The number of rotatable bonds is 3. The average Bonchev–Trinajstić information content (AvgIpc) is 2.01. The zero-order valence-electron chi connectivity index (χ0n) is 9.43. The fourth-order valence-corrected chi connectivity index (χ4v) is 2.36. The van der Waals surface area contributed by atoms with Crippen molar-refractivity contribution in [3.63, 3.8) is 0 Å². The van der Waals surface area contributed by atoms with Gasteiger partial charge in [0, 0.05) is 5.92 Å². The molecule has 0 aromatic rings. The highest BCUT2D eigenvalue weighted by molar-refractivity contribution is 5.99. The predicted molar refractivity (Wildman–Crippen MR) is 56.0 cm³/mol. The van der Waals surface area contributed by atoms with Gasteiger partial charge >= 0.3 is 0 Å². The maximum atomic E-state index is 11.7.